The summed E-state index contributed by atoms with van der Waals surface area (Å²) < 4.78 is 4.40. The third-order valence-corrected chi connectivity index (χ3v) is 1.01. The number of H-pyrrole nitrogens is 1. The van der Waals surface area contributed by atoms with Crippen molar-refractivity contribution in [3.8, 4) is 0 Å². The molecule has 1 aromatic rings. The first kappa shape index (κ1) is 7.61. The van der Waals surface area contributed by atoms with Gasteiger partial charge in [0.25, 0.3) is 6.47 Å². The third-order valence-electron chi connectivity index (χ3n) is 1.01. The molecule has 60 valence electrons. The highest BCUT2D eigenvalue weighted by atomic mass is 16.5. The zero-order chi connectivity index (χ0) is 8.10. The van der Waals surface area contributed by atoms with Crippen LogP contribution in [0.5, 0.6) is 0 Å². The monoisotopic (exact) mass is 157 g/mol. The number of carbonyl (C=O) groups is 1. The predicted octanol–water partition coefficient (Wildman–Crippen LogP) is -1.80. The summed E-state index contributed by atoms with van der Waals surface area (Å²) in [6.45, 7) is 0.286. The van der Waals surface area contributed by atoms with Gasteiger partial charge in [-0.3, -0.25) is 10.5 Å². The Labute approximate surface area is 61.9 Å². The highest BCUT2D eigenvalue weighted by molar-refractivity contribution is 5.37. The summed E-state index contributed by atoms with van der Waals surface area (Å²) in [5.74, 6) is 0.486. The molecule has 0 spiro atoms. The summed E-state index contributed by atoms with van der Waals surface area (Å²) in [6.07, 6.45) is -0.409. The van der Waals surface area contributed by atoms with Crippen molar-refractivity contribution in [2.24, 2.45) is 5.73 Å². The predicted molar refractivity (Wildman–Crippen MR) is 33.0 cm³/mol. The van der Waals surface area contributed by atoms with Crippen LogP contribution in [0.1, 0.15) is 5.82 Å². The molecule has 0 fully saturated rings. The SMILES string of the molecule is NC(Cc1nnn[nH]1)OC=O. The number of nitrogens with one attached hydrogen (secondary N) is 1. The lowest BCUT2D eigenvalue weighted by Crippen LogP contribution is -2.26. The fraction of sp³-hybridized carbons (Fsp3) is 0.500. The van der Waals surface area contributed by atoms with Crippen molar-refractivity contribution in [2.75, 3.05) is 0 Å². The number of rotatable bonds is 4. The summed E-state index contributed by atoms with van der Waals surface area (Å²) in [6, 6.07) is 0. The van der Waals surface area contributed by atoms with E-state index in [1.165, 1.54) is 0 Å². The van der Waals surface area contributed by atoms with E-state index in [9.17, 15) is 4.79 Å². The van der Waals surface area contributed by atoms with Gasteiger partial charge in [-0.2, -0.15) is 0 Å². The number of ether oxygens (including phenoxy) is 1. The van der Waals surface area contributed by atoms with Gasteiger partial charge in [0.1, 0.15) is 0 Å². The van der Waals surface area contributed by atoms with Crippen molar-refractivity contribution in [1.82, 2.24) is 20.6 Å². The average Bonchev–Trinajstić information content (AvgIpc) is 2.40. The lowest BCUT2D eigenvalue weighted by atomic mass is 10.4. The van der Waals surface area contributed by atoms with Crippen LogP contribution in [0.4, 0.5) is 0 Å². The summed E-state index contributed by atoms with van der Waals surface area (Å²) in [7, 11) is 0. The van der Waals surface area contributed by atoms with Gasteiger partial charge in [0.15, 0.2) is 12.1 Å². The van der Waals surface area contributed by atoms with Gasteiger partial charge in [0.05, 0.1) is 6.42 Å². The molecule has 1 heterocycles. The Morgan fingerprint density at radius 2 is 2.64 bits per heavy atom. The molecule has 0 saturated heterocycles. The molecule has 7 heteroatoms. The molecule has 0 aliphatic carbocycles. The second-order valence-corrected chi connectivity index (χ2v) is 1.82. The first-order valence-corrected chi connectivity index (χ1v) is 2.90. The summed E-state index contributed by atoms with van der Waals surface area (Å²) in [5, 5.41) is 12.7. The highest BCUT2D eigenvalue weighted by Crippen LogP contribution is 1.90. The van der Waals surface area contributed by atoms with Gasteiger partial charge in [-0.15, -0.1) is 5.10 Å². The zero-order valence-electron chi connectivity index (χ0n) is 5.60. The van der Waals surface area contributed by atoms with Crippen molar-refractivity contribution >= 4 is 6.47 Å². The van der Waals surface area contributed by atoms with Crippen molar-refractivity contribution in [2.45, 2.75) is 12.6 Å². The van der Waals surface area contributed by atoms with Crippen LogP contribution in [0.25, 0.3) is 0 Å². The van der Waals surface area contributed by atoms with Crippen molar-refractivity contribution in [3.05, 3.63) is 5.82 Å². The Kier molecular flexibility index (Phi) is 2.50. The van der Waals surface area contributed by atoms with E-state index in [0.717, 1.165) is 0 Å². The molecule has 1 atom stereocenters. The molecular weight excluding hydrogens is 150 g/mol. The van der Waals surface area contributed by atoms with E-state index < -0.39 is 6.23 Å². The van der Waals surface area contributed by atoms with Crippen LogP contribution >= 0.6 is 0 Å². The van der Waals surface area contributed by atoms with Gasteiger partial charge in [-0.05, 0) is 10.4 Å². The number of nitrogens with zero attached hydrogens (tertiary/aromatic N) is 3. The van der Waals surface area contributed by atoms with E-state index in [1.807, 2.05) is 0 Å². The molecule has 0 radical (unpaired) electrons. The molecule has 1 rings (SSSR count). The minimum Gasteiger partial charge on any atom is -0.449 e. The number of hydrogen-bond donors (Lipinski definition) is 2. The number of carbonyl (C=O) groups excluding carboxylic acids is 1. The lowest BCUT2D eigenvalue weighted by Gasteiger charge is -2.04. The molecule has 0 saturated carbocycles. The Morgan fingerprint density at radius 3 is 3.18 bits per heavy atom. The molecule has 0 aliphatic rings. The second-order valence-electron chi connectivity index (χ2n) is 1.82. The number of aromatic amines is 1. The molecule has 1 aromatic heterocycles. The molecule has 0 bridgehead atoms. The van der Waals surface area contributed by atoms with Crippen molar-refractivity contribution < 1.29 is 9.53 Å². The molecule has 1 unspecified atom stereocenters. The Bertz CT molecular complexity index is 210. The number of hydrogen-bond acceptors (Lipinski definition) is 6. The Morgan fingerprint density at radius 1 is 1.82 bits per heavy atom. The third kappa shape index (κ3) is 2.30. The molecule has 0 aliphatic heterocycles. The van der Waals surface area contributed by atoms with Gasteiger partial charge < -0.3 is 4.74 Å². The smallest absolute Gasteiger partial charge is 0.294 e. The van der Waals surface area contributed by atoms with Crippen LogP contribution in [-0.2, 0) is 16.0 Å². The largest absolute Gasteiger partial charge is 0.449 e. The van der Waals surface area contributed by atoms with E-state index in [0.29, 0.717) is 5.82 Å². The average molecular weight is 157 g/mol. The standard InChI is InChI=1S/C4H7N5O2/c5-3(11-2-10)1-4-6-8-9-7-4/h2-3H,1,5H2,(H,6,7,8,9). The van der Waals surface area contributed by atoms with Crippen LogP contribution < -0.4 is 5.73 Å². The zero-order valence-corrected chi connectivity index (χ0v) is 5.60. The van der Waals surface area contributed by atoms with Crippen LogP contribution in [0.2, 0.25) is 0 Å². The van der Waals surface area contributed by atoms with E-state index in [1.54, 1.807) is 0 Å². The van der Waals surface area contributed by atoms with Gasteiger partial charge in [0, 0.05) is 0 Å². The van der Waals surface area contributed by atoms with Crippen LogP contribution in [0.15, 0.2) is 0 Å². The fourth-order valence-electron chi connectivity index (χ4n) is 0.575. The molecule has 0 amide bonds. The van der Waals surface area contributed by atoms with Crippen LogP contribution in [0, 0.1) is 0 Å². The normalized spacial score (nSPS) is 12.5. The quantitative estimate of drug-likeness (QED) is 0.394. The highest BCUT2D eigenvalue weighted by Gasteiger charge is 2.05. The second kappa shape index (κ2) is 3.62. The minimum atomic E-state index is -0.692. The van der Waals surface area contributed by atoms with Gasteiger partial charge >= 0.3 is 0 Å². The molecule has 3 N–H and O–H groups in total. The number of nitrogens with two attached hydrogens (primary N) is 1. The maximum Gasteiger partial charge on any atom is 0.294 e. The first-order valence-electron chi connectivity index (χ1n) is 2.90. The van der Waals surface area contributed by atoms with Crippen molar-refractivity contribution in [3.63, 3.8) is 0 Å². The molecule has 0 aromatic carbocycles. The molecule has 11 heavy (non-hydrogen) atoms. The van der Waals surface area contributed by atoms with Crippen LogP contribution in [-0.4, -0.2) is 33.3 Å². The molecule has 7 nitrogen and oxygen atoms in total. The topological polar surface area (TPSA) is 107 Å². The van der Waals surface area contributed by atoms with E-state index >= 15 is 0 Å². The Balaban J connectivity index is 2.37. The number of tetrazole rings is 1. The van der Waals surface area contributed by atoms with Gasteiger partial charge in [0.2, 0.25) is 0 Å². The summed E-state index contributed by atoms with van der Waals surface area (Å²) in [4.78, 5) is 9.78. The van der Waals surface area contributed by atoms with E-state index in [2.05, 4.69) is 25.4 Å². The lowest BCUT2D eigenvalue weighted by molar-refractivity contribution is -0.133. The first-order chi connectivity index (χ1) is 5.33. The van der Waals surface area contributed by atoms with Gasteiger partial charge in [-0.1, -0.05) is 0 Å². The maximum absolute atomic E-state index is 9.78. The van der Waals surface area contributed by atoms with E-state index in [-0.39, 0.29) is 12.9 Å². The minimum absolute atomic E-state index is 0.283. The molecular formula is C4H7N5O2. The fourth-order valence-corrected chi connectivity index (χ4v) is 0.575. The van der Waals surface area contributed by atoms with Crippen LogP contribution in [0.3, 0.4) is 0 Å². The number of aromatic nitrogens is 4. The summed E-state index contributed by atoms with van der Waals surface area (Å²) in [5.41, 5.74) is 5.31. The van der Waals surface area contributed by atoms with Gasteiger partial charge in [-0.25, -0.2) is 5.10 Å². The van der Waals surface area contributed by atoms with E-state index in [4.69, 9.17) is 5.73 Å². The van der Waals surface area contributed by atoms with Crippen molar-refractivity contribution in [1.29, 1.82) is 0 Å². The maximum atomic E-state index is 9.78. The Hall–Kier alpha value is -1.50. The summed E-state index contributed by atoms with van der Waals surface area (Å²) >= 11 is 0.